The quantitative estimate of drug-likeness (QED) is 0.644. The first-order valence-corrected chi connectivity index (χ1v) is 4.43. The molecule has 2 heteroatoms. The molecular formula is C10H18O2. The van der Waals surface area contributed by atoms with Gasteiger partial charge in [0.05, 0.1) is 5.92 Å². The summed E-state index contributed by atoms with van der Waals surface area (Å²) >= 11 is 0. The lowest BCUT2D eigenvalue weighted by Gasteiger charge is -2.02. The van der Waals surface area contributed by atoms with Crippen molar-refractivity contribution in [2.45, 2.75) is 33.6 Å². The highest BCUT2D eigenvalue weighted by atomic mass is 16.4. The Hall–Kier alpha value is -0.790. The maximum Gasteiger partial charge on any atom is 0.306 e. The Kier molecular flexibility index (Phi) is 5.43. The van der Waals surface area contributed by atoms with Crippen molar-refractivity contribution in [3.63, 3.8) is 0 Å². The molecule has 1 atom stereocenters. The van der Waals surface area contributed by atoms with E-state index in [-0.39, 0.29) is 5.92 Å². The van der Waals surface area contributed by atoms with Gasteiger partial charge in [0, 0.05) is 0 Å². The van der Waals surface area contributed by atoms with Crippen LogP contribution < -0.4 is 0 Å². The Balaban J connectivity index is 3.49. The van der Waals surface area contributed by atoms with E-state index >= 15 is 0 Å². The summed E-state index contributed by atoms with van der Waals surface area (Å²) < 4.78 is 0. The molecule has 0 aromatic heterocycles. The minimum Gasteiger partial charge on any atom is -0.481 e. The van der Waals surface area contributed by atoms with Crippen molar-refractivity contribution in [1.82, 2.24) is 0 Å². The lowest BCUT2D eigenvalue weighted by atomic mass is 10.1. The first kappa shape index (κ1) is 11.2. The van der Waals surface area contributed by atoms with Gasteiger partial charge in [0.2, 0.25) is 0 Å². The second kappa shape index (κ2) is 5.81. The number of carboxylic acid groups (broad SMARTS) is 1. The zero-order valence-electron chi connectivity index (χ0n) is 8.08. The summed E-state index contributed by atoms with van der Waals surface area (Å²) in [6.07, 6.45) is 5.77. The van der Waals surface area contributed by atoms with Crippen molar-refractivity contribution in [1.29, 1.82) is 0 Å². The molecule has 0 radical (unpaired) electrons. The van der Waals surface area contributed by atoms with Crippen LogP contribution in [0.2, 0.25) is 0 Å². The molecule has 0 aliphatic heterocycles. The standard InChI is InChI=1S/C10H18O2/c1-8(2)6-4-5-7-9(3)10(11)12/h4,6,8-9H,5,7H2,1-3H3,(H,11,12). The monoisotopic (exact) mass is 170 g/mol. The van der Waals surface area contributed by atoms with E-state index in [2.05, 4.69) is 26.0 Å². The topological polar surface area (TPSA) is 37.3 Å². The molecule has 2 nitrogen and oxygen atoms in total. The van der Waals surface area contributed by atoms with Gasteiger partial charge in [-0.05, 0) is 18.8 Å². The van der Waals surface area contributed by atoms with Crippen molar-refractivity contribution in [3.05, 3.63) is 12.2 Å². The molecule has 0 heterocycles. The van der Waals surface area contributed by atoms with Crippen molar-refractivity contribution in [3.8, 4) is 0 Å². The Labute approximate surface area is 74.3 Å². The molecule has 0 bridgehead atoms. The second-order valence-electron chi connectivity index (χ2n) is 3.49. The van der Waals surface area contributed by atoms with Crippen LogP contribution >= 0.6 is 0 Å². The van der Waals surface area contributed by atoms with Gasteiger partial charge in [-0.3, -0.25) is 4.79 Å². The average Bonchev–Trinajstić information content (AvgIpc) is 1.97. The SMILES string of the molecule is CC(C)C=CCCC(C)C(=O)O. The van der Waals surface area contributed by atoms with Crippen LogP contribution in [0.3, 0.4) is 0 Å². The van der Waals surface area contributed by atoms with Gasteiger partial charge in [-0.25, -0.2) is 0 Å². The lowest BCUT2D eigenvalue weighted by Crippen LogP contribution is -2.08. The third-order valence-corrected chi connectivity index (χ3v) is 1.71. The Morgan fingerprint density at radius 1 is 1.42 bits per heavy atom. The molecule has 0 amide bonds. The number of carbonyl (C=O) groups is 1. The minimum atomic E-state index is -0.701. The van der Waals surface area contributed by atoms with Crippen LogP contribution in [0.5, 0.6) is 0 Å². The van der Waals surface area contributed by atoms with Crippen LogP contribution in [0.25, 0.3) is 0 Å². The normalized spacial score (nSPS) is 14.0. The first-order chi connectivity index (χ1) is 5.54. The van der Waals surface area contributed by atoms with E-state index in [0.717, 1.165) is 12.8 Å². The van der Waals surface area contributed by atoms with Gasteiger partial charge in [-0.2, -0.15) is 0 Å². The van der Waals surface area contributed by atoms with Gasteiger partial charge in [-0.15, -0.1) is 0 Å². The van der Waals surface area contributed by atoms with Crippen LogP contribution in [0.4, 0.5) is 0 Å². The predicted octanol–water partition coefficient (Wildman–Crippen LogP) is 2.70. The van der Waals surface area contributed by atoms with Crippen molar-refractivity contribution in [2.75, 3.05) is 0 Å². The van der Waals surface area contributed by atoms with E-state index in [4.69, 9.17) is 5.11 Å². The Bertz CT molecular complexity index is 159. The summed E-state index contributed by atoms with van der Waals surface area (Å²) in [7, 11) is 0. The average molecular weight is 170 g/mol. The third kappa shape index (κ3) is 5.96. The smallest absolute Gasteiger partial charge is 0.306 e. The van der Waals surface area contributed by atoms with Crippen molar-refractivity contribution < 1.29 is 9.90 Å². The highest BCUT2D eigenvalue weighted by molar-refractivity contribution is 5.69. The summed E-state index contributed by atoms with van der Waals surface area (Å²) in [4.78, 5) is 10.4. The molecule has 0 aliphatic carbocycles. The number of carboxylic acids is 1. The maximum atomic E-state index is 10.4. The molecule has 1 unspecified atom stereocenters. The van der Waals surface area contributed by atoms with E-state index in [1.165, 1.54) is 0 Å². The van der Waals surface area contributed by atoms with Gasteiger partial charge in [0.1, 0.15) is 0 Å². The van der Waals surface area contributed by atoms with Gasteiger partial charge in [0.15, 0.2) is 0 Å². The van der Waals surface area contributed by atoms with Crippen molar-refractivity contribution in [2.24, 2.45) is 11.8 Å². The van der Waals surface area contributed by atoms with E-state index in [9.17, 15) is 4.79 Å². The molecule has 0 aromatic carbocycles. The molecule has 0 saturated carbocycles. The Morgan fingerprint density at radius 2 is 2.00 bits per heavy atom. The lowest BCUT2D eigenvalue weighted by molar-refractivity contribution is -0.141. The number of hydrogen-bond donors (Lipinski definition) is 1. The molecule has 70 valence electrons. The summed E-state index contributed by atoms with van der Waals surface area (Å²) in [6.45, 7) is 5.96. The molecule has 0 aliphatic rings. The van der Waals surface area contributed by atoms with Gasteiger partial charge in [0.25, 0.3) is 0 Å². The summed E-state index contributed by atoms with van der Waals surface area (Å²) in [6, 6.07) is 0. The molecule has 0 saturated heterocycles. The molecule has 0 aromatic rings. The summed E-state index contributed by atoms with van der Waals surface area (Å²) in [5.41, 5.74) is 0. The molecule has 12 heavy (non-hydrogen) atoms. The highest BCUT2D eigenvalue weighted by Crippen LogP contribution is 2.06. The number of aliphatic carboxylic acids is 1. The van der Waals surface area contributed by atoms with Crippen molar-refractivity contribution >= 4 is 5.97 Å². The molecule has 0 fully saturated rings. The van der Waals surface area contributed by atoms with Gasteiger partial charge in [-0.1, -0.05) is 32.9 Å². The van der Waals surface area contributed by atoms with Crippen LogP contribution in [0, 0.1) is 11.8 Å². The number of hydrogen-bond acceptors (Lipinski definition) is 1. The fraction of sp³-hybridized carbons (Fsp3) is 0.700. The molecule has 1 N–H and O–H groups in total. The minimum absolute atomic E-state index is 0.221. The van der Waals surface area contributed by atoms with Crippen LogP contribution in [-0.4, -0.2) is 11.1 Å². The Morgan fingerprint density at radius 3 is 2.42 bits per heavy atom. The maximum absolute atomic E-state index is 10.4. The third-order valence-electron chi connectivity index (χ3n) is 1.71. The summed E-state index contributed by atoms with van der Waals surface area (Å²) in [5.74, 6) is -0.361. The predicted molar refractivity (Wildman–Crippen MR) is 50.0 cm³/mol. The fourth-order valence-electron chi connectivity index (χ4n) is 0.838. The van der Waals surface area contributed by atoms with E-state index in [0.29, 0.717) is 5.92 Å². The largest absolute Gasteiger partial charge is 0.481 e. The van der Waals surface area contributed by atoms with E-state index in [1.54, 1.807) is 6.92 Å². The van der Waals surface area contributed by atoms with Gasteiger partial charge >= 0.3 is 5.97 Å². The molecular weight excluding hydrogens is 152 g/mol. The van der Waals surface area contributed by atoms with Crippen LogP contribution in [0.15, 0.2) is 12.2 Å². The number of allylic oxidation sites excluding steroid dienone is 2. The fourth-order valence-corrected chi connectivity index (χ4v) is 0.838. The summed E-state index contributed by atoms with van der Waals surface area (Å²) in [5, 5.41) is 8.57. The van der Waals surface area contributed by atoms with E-state index < -0.39 is 5.97 Å². The second-order valence-corrected chi connectivity index (χ2v) is 3.49. The van der Waals surface area contributed by atoms with Crippen LogP contribution in [-0.2, 0) is 4.79 Å². The van der Waals surface area contributed by atoms with E-state index in [1.807, 2.05) is 0 Å². The molecule has 0 spiro atoms. The van der Waals surface area contributed by atoms with Crippen LogP contribution in [0.1, 0.15) is 33.6 Å². The molecule has 0 rings (SSSR count). The first-order valence-electron chi connectivity index (χ1n) is 4.43. The number of rotatable bonds is 5. The zero-order valence-corrected chi connectivity index (χ0v) is 8.08. The van der Waals surface area contributed by atoms with Gasteiger partial charge < -0.3 is 5.11 Å². The zero-order chi connectivity index (χ0) is 9.56. The highest BCUT2D eigenvalue weighted by Gasteiger charge is 2.08.